The first-order valence-electron chi connectivity index (χ1n) is 10.9. The Balaban J connectivity index is 1.58. The highest BCUT2D eigenvalue weighted by Crippen LogP contribution is 2.48. The van der Waals surface area contributed by atoms with Crippen LogP contribution in [-0.2, 0) is 18.3 Å². The summed E-state index contributed by atoms with van der Waals surface area (Å²) in [6, 6.07) is 31.2. The first-order chi connectivity index (χ1) is 15.3. The van der Waals surface area contributed by atoms with Gasteiger partial charge in [0.15, 0.2) is 0 Å². The van der Waals surface area contributed by atoms with Gasteiger partial charge in [0.1, 0.15) is 0 Å². The Morgan fingerprint density at radius 3 is 1.39 bits per heavy atom. The Bertz CT molecular complexity index is 1220. The van der Waals surface area contributed by atoms with Crippen molar-refractivity contribution in [3.8, 4) is 22.3 Å². The fraction of sp³-hybridized carbons (Fsp3) is 0.172. The predicted molar refractivity (Wildman–Crippen MR) is 138 cm³/mol. The molecule has 0 atom stereocenters. The molecule has 2 heteroatoms. The van der Waals surface area contributed by atoms with Gasteiger partial charge in [0, 0.05) is 16.9 Å². The number of benzene rings is 4. The molecule has 0 amide bonds. The summed E-state index contributed by atoms with van der Waals surface area (Å²) in [5.41, 5.74) is 13.8. The Morgan fingerprint density at radius 2 is 0.935 bits per heavy atom. The van der Waals surface area contributed by atoms with Crippen LogP contribution in [0.2, 0.25) is 0 Å². The minimum absolute atomic E-state index is 0.229. The van der Waals surface area contributed by atoms with Crippen LogP contribution in [0.25, 0.3) is 22.3 Å². The van der Waals surface area contributed by atoms with E-state index in [4.69, 9.17) is 25.3 Å². The number of thiol groups is 2. The van der Waals surface area contributed by atoms with Crippen molar-refractivity contribution >= 4 is 25.3 Å². The standard InChI is InChI=1S/C29H24S2/c30-17-29(18-31,27-13-5-11-23-21-9-3-1-7-19(21)15-25(23)27)28-14-6-12-24-22-10-4-2-8-20(22)16-26(24)28/h1-14,30-31H,15-18H2. The molecule has 0 aromatic heterocycles. The Labute approximate surface area is 195 Å². The lowest BCUT2D eigenvalue weighted by Crippen LogP contribution is -2.34. The molecule has 0 nitrogen and oxygen atoms in total. The Morgan fingerprint density at radius 1 is 0.516 bits per heavy atom. The lowest BCUT2D eigenvalue weighted by molar-refractivity contribution is 0.656. The summed E-state index contributed by atoms with van der Waals surface area (Å²) < 4.78 is 0. The summed E-state index contributed by atoms with van der Waals surface area (Å²) in [5.74, 6) is 1.46. The smallest absolute Gasteiger partial charge is 0.0384 e. The predicted octanol–water partition coefficient (Wildman–Crippen LogP) is 6.97. The molecule has 0 heterocycles. The zero-order valence-electron chi connectivity index (χ0n) is 17.3. The molecule has 0 bridgehead atoms. The number of hydrogen-bond acceptors (Lipinski definition) is 2. The van der Waals surface area contributed by atoms with Gasteiger partial charge >= 0.3 is 0 Å². The molecule has 2 aliphatic rings. The van der Waals surface area contributed by atoms with Crippen LogP contribution >= 0.6 is 25.3 Å². The Hall–Kier alpha value is -2.42. The maximum absolute atomic E-state index is 4.96. The molecule has 6 rings (SSSR count). The second-order valence-corrected chi connectivity index (χ2v) is 9.36. The molecule has 2 aliphatic carbocycles. The molecule has 4 aromatic carbocycles. The van der Waals surface area contributed by atoms with Crippen molar-refractivity contribution in [2.75, 3.05) is 11.5 Å². The van der Waals surface area contributed by atoms with E-state index in [1.807, 2.05) is 0 Å². The van der Waals surface area contributed by atoms with Gasteiger partial charge in [0.2, 0.25) is 0 Å². The van der Waals surface area contributed by atoms with Gasteiger partial charge in [0.25, 0.3) is 0 Å². The van der Waals surface area contributed by atoms with Gasteiger partial charge in [-0.25, -0.2) is 0 Å². The maximum atomic E-state index is 4.96. The van der Waals surface area contributed by atoms with Gasteiger partial charge in [-0.3, -0.25) is 0 Å². The fourth-order valence-electron chi connectivity index (χ4n) is 5.75. The van der Waals surface area contributed by atoms with E-state index in [1.54, 1.807) is 0 Å². The van der Waals surface area contributed by atoms with Crippen LogP contribution in [-0.4, -0.2) is 11.5 Å². The lowest BCUT2D eigenvalue weighted by Gasteiger charge is -2.36. The van der Waals surface area contributed by atoms with E-state index < -0.39 is 0 Å². The summed E-state index contributed by atoms with van der Waals surface area (Å²) in [5, 5.41) is 0. The van der Waals surface area contributed by atoms with E-state index in [0.29, 0.717) is 0 Å². The Kier molecular flexibility index (Phi) is 4.55. The third-order valence-electron chi connectivity index (χ3n) is 7.27. The van der Waals surface area contributed by atoms with E-state index in [-0.39, 0.29) is 5.41 Å². The molecule has 31 heavy (non-hydrogen) atoms. The molecular weight excluding hydrogens is 412 g/mol. The van der Waals surface area contributed by atoms with Crippen molar-refractivity contribution in [1.82, 2.24) is 0 Å². The topological polar surface area (TPSA) is 0 Å². The zero-order chi connectivity index (χ0) is 21.0. The highest BCUT2D eigenvalue weighted by atomic mass is 32.1. The van der Waals surface area contributed by atoms with Gasteiger partial charge in [-0.15, -0.1) is 0 Å². The summed E-state index contributed by atoms with van der Waals surface area (Å²) in [6.07, 6.45) is 1.97. The molecule has 0 spiro atoms. The highest BCUT2D eigenvalue weighted by molar-refractivity contribution is 7.81. The largest absolute Gasteiger partial charge is 0.178 e. The van der Waals surface area contributed by atoms with Gasteiger partial charge < -0.3 is 0 Å². The van der Waals surface area contributed by atoms with E-state index in [2.05, 4.69) is 84.9 Å². The number of hydrogen-bond donors (Lipinski definition) is 2. The second kappa shape index (κ2) is 7.32. The molecule has 0 fully saturated rings. The summed E-state index contributed by atoms with van der Waals surface area (Å²) in [6.45, 7) is 0. The van der Waals surface area contributed by atoms with Crippen molar-refractivity contribution < 1.29 is 0 Å². The van der Waals surface area contributed by atoms with Gasteiger partial charge in [-0.05, 0) is 68.5 Å². The molecule has 0 saturated carbocycles. The molecule has 152 valence electrons. The van der Waals surface area contributed by atoms with Crippen LogP contribution in [0.15, 0.2) is 84.9 Å². The minimum atomic E-state index is -0.229. The van der Waals surface area contributed by atoms with E-state index in [1.165, 1.54) is 55.6 Å². The van der Waals surface area contributed by atoms with Crippen molar-refractivity contribution in [3.63, 3.8) is 0 Å². The van der Waals surface area contributed by atoms with Crippen molar-refractivity contribution in [3.05, 3.63) is 118 Å². The molecule has 0 unspecified atom stereocenters. The van der Waals surface area contributed by atoms with E-state index in [0.717, 1.165) is 24.3 Å². The second-order valence-electron chi connectivity index (χ2n) is 8.73. The maximum Gasteiger partial charge on any atom is 0.0384 e. The van der Waals surface area contributed by atoms with Crippen molar-refractivity contribution in [2.45, 2.75) is 18.3 Å². The quantitative estimate of drug-likeness (QED) is 0.274. The van der Waals surface area contributed by atoms with Crippen molar-refractivity contribution in [2.24, 2.45) is 0 Å². The summed E-state index contributed by atoms with van der Waals surface area (Å²) in [7, 11) is 0. The van der Waals surface area contributed by atoms with E-state index >= 15 is 0 Å². The van der Waals surface area contributed by atoms with Gasteiger partial charge in [0.05, 0.1) is 0 Å². The number of rotatable bonds is 4. The summed E-state index contributed by atoms with van der Waals surface area (Å²) >= 11 is 9.92. The van der Waals surface area contributed by atoms with Gasteiger partial charge in [-0.2, -0.15) is 25.3 Å². The van der Waals surface area contributed by atoms with Crippen LogP contribution in [0.5, 0.6) is 0 Å². The highest BCUT2D eigenvalue weighted by Gasteiger charge is 2.39. The van der Waals surface area contributed by atoms with Crippen LogP contribution in [0.3, 0.4) is 0 Å². The molecule has 0 N–H and O–H groups in total. The average Bonchev–Trinajstić information content (AvgIpc) is 3.39. The van der Waals surface area contributed by atoms with Crippen LogP contribution in [0.1, 0.15) is 33.4 Å². The van der Waals surface area contributed by atoms with E-state index in [9.17, 15) is 0 Å². The molecular formula is C29H24S2. The SMILES string of the molecule is SCC(CS)(c1cccc2c1Cc1ccccc1-2)c1cccc2c1Cc1ccccc1-2. The van der Waals surface area contributed by atoms with Gasteiger partial charge in [-0.1, -0.05) is 84.9 Å². The van der Waals surface area contributed by atoms with Crippen molar-refractivity contribution in [1.29, 1.82) is 0 Å². The monoisotopic (exact) mass is 436 g/mol. The lowest BCUT2D eigenvalue weighted by atomic mass is 9.72. The molecule has 0 aliphatic heterocycles. The third-order valence-corrected chi connectivity index (χ3v) is 8.35. The average molecular weight is 437 g/mol. The summed E-state index contributed by atoms with van der Waals surface area (Å²) in [4.78, 5) is 0. The zero-order valence-corrected chi connectivity index (χ0v) is 19.1. The first kappa shape index (κ1) is 19.3. The van der Waals surface area contributed by atoms with Crippen LogP contribution in [0, 0.1) is 0 Å². The third kappa shape index (κ3) is 2.71. The molecule has 0 radical (unpaired) electrons. The normalized spacial score (nSPS) is 13.5. The minimum Gasteiger partial charge on any atom is -0.178 e. The molecule has 4 aromatic rings. The first-order valence-corrected chi connectivity index (χ1v) is 12.2. The van der Waals surface area contributed by atoms with Crippen LogP contribution in [0.4, 0.5) is 0 Å². The molecule has 0 saturated heterocycles. The number of fused-ring (bicyclic) bond motifs is 6. The van der Waals surface area contributed by atoms with Crippen LogP contribution < -0.4 is 0 Å². The fourth-order valence-corrected chi connectivity index (χ4v) is 6.83.